The van der Waals surface area contributed by atoms with Crippen LogP contribution in [-0.2, 0) is 9.53 Å². The molecule has 0 unspecified atom stereocenters. The van der Waals surface area contributed by atoms with Crippen molar-refractivity contribution in [3.63, 3.8) is 0 Å². The topological polar surface area (TPSA) is 72.2 Å². The largest absolute Gasteiger partial charge is 0.497 e. The molecule has 1 aromatic carbocycles. The lowest BCUT2D eigenvalue weighted by atomic mass is 9.81. The Morgan fingerprint density at radius 3 is 2.71 bits per heavy atom. The maximum absolute atomic E-state index is 13.1. The number of fused-ring (bicyclic) bond motifs is 1. The summed E-state index contributed by atoms with van der Waals surface area (Å²) in [6.45, 7) is 3.07. The molecule has 31 heavy (non-hydrogen) atoms. The van der Waals surface area contributed by atoms with E-state index in [1.807, 2.05) is 28.0 Å². The second-order valence-corrected chi connectivity index (χ2v) is 8.23. The zero-order valence-electron chi connectivity index (χ0n) is 18.2. The number of piperidine rings is 1. The minimum absolute atomic E-state index is 0.0217. The van der Waals surface area contributed by atoms with Gasteiger partial charge in [-0.25, -0.2) is 0 Å². The number of rotatable bonds is 6. The van der Waals surface area contributed by atoms with Crippen LogP contribution in [0, 0.1) is 11.8 Å². The van der Waals surface area contributed by atoms with E-state index in [1.54, 1.807) is 20.3 Å². The van der Waals surface area contributed by atoms with Crippen LogP contribution in [0.3, 0.4) is 0 Å². The molecule has 2 aliphatic rings. The summed E-state index contributed by atoms with van der Waals surface area (Å²) >= 11 is 0. The first-order valence-electron chi connectivity index (χ1n) is 10.9. The van der Waals surface area contributed by atoms with Gasteiger partial charge in [0, 0.05) is 44.6 Å². The Morgan fingerprint density at radius 1 is 1.16 bits per heavy atom. The molecule has 0 aliphatic carbocycles. The maximum Gasteiger partial charge on any atom is 0.289 e. The van der Waals surface area contributed by atoms with Crippen LogP contribution >= 0.6 is 0 Å². The van der Waals surface area contributed by atoms with E-state index in [4.69, 9.17) is 13.9 Å². The second-order valence-electron chi connectivity index (χ2n) is 8.23. The third kappa shape index (κ3) is 4.61. The lowest BCUT2D eigenvalue weighted by Crippen LogP contribution is -2.44. The molecule has 0 saturated carbocycles. The van der Waals surface area contributed by atoms with Crippen molar-refractivity contribution in [3.05, 3.63) is 42.2 Å². The average molecular weight is 427 g/mol. The van der Waals surface area contributed by atoms with Crippen molar-refractivity contribution >= 4 is 22.8 Å². The van der Waals surface area contributed by atoms with Gasteiger partial charge in [0.1, 0.15) is 11.3 Å². The molecule has 0 N–H and O–H groups in total. The average Bonchev–Trinajstić information content (AvgIpc) is 3.14. The van der Waals surface area contributed by atoms with Gasteiger partial charge in [-0.05, 0) is 49.4 Å². The Hall–Kier alpha value is -2.80. The Balaban J connectivity index is 1.39. The predicted molar refractivity (Wildman–Crippen MR) is 117 cm³/mol. The number of furan rings is 1. The molecule has 7 heteroatoms. The molecule has 1 fully saturated rings. The van der Waals surface area contributed by atoms with Crippen LogP contribution in [0.25, 0.3) is 11.0 Å². The highest BCUT2D eigenvalue weighted by Gasteiger charge is 2.35. The molecule has 7 nitrogen and oxygen atoms in total. The van der Waals surface area contributed by atoms with Crippen LogP contribution < -0.4 is 4.74 Å². The van der Waals surface area contributed by atoms with Gasteiger partial charge in [0.25, 0.3) is 5.91 Å². The summed E-state index contributed by atoms with van der Waals surface area (Å²) in [5, 5.41) is 0.851. The number of methoxy groups -OCH3 is 2. The van der Waals surface area contributed by atoms with Gasteiger partial charge in [0.15, 0.2) is 5.76 Å². The Kier molecular flexibility index (Phi) is 6.61. The number of allylic oxidation sites excluding steroid dienone is 1. The summed E-state index contributed by atoms with van der Waals surface area (Å²) in [4.78, 5) is 29.8. The molecular formula is C24H30N2O5. The molecule has 2 aromatic rings. The van der Waals surface area contributed by atoms with Crippen LogP contribution in [0.15, 0.2) is 40.8 Å². The van der Waals surface area contributed by atoms with Crippen LogP contribution in [-0.4, -0.2) is 68.6 Å². The summed E-state index contributed by atoms with van der Waals surface area (Å²) in [5.74, 6) is 1.45. The molecule has 4 rings (SSSR count). The minimum atomic E-state index is -0.0950. The van der Waals surface area contributed by atoms with Crippen LogP contribution in [0.4, 0.5) is 0 Å². The molecule has 1 atom stereocenters. The highest BCUT2D eigenvalue weighted by molar-refractivity contribution is 5.96. The zero-order chi connectivity index (χ0) is 21.8. The molecule has 166 valence electrons. The van der Waals surface area contributed by atoms with E-state index in [-0.39, 0.29) is 23.7 Å². The van der Waals surface area contributed by atoms with Crippen molar-refractivity contribution in [2.24, 2.45) is 11.8 Å². The Labute approximate surface area is 182 Å². The smallest absolute Gasteiger partial charge is 0.289 e. The molecule has 0 spiro atoms. The zero-order valence-corrected chi connectivity index (χ0v) is 18.2. The number of carbonyl (C=O) groups excluding carboxylic acids is 2. The summed E-state index contributed by atoms with van der Waals surface area (Å²) in [7, 11) is 3.27. The predicted octanol–water partition coefficient (Wildman–Crippen LogP) is 3.34. The lowest BCUT2D eigenvalue weighted by Gasteiger charge is -2.36. The number of nitrogens with zero attached hydrogens (tertiary/aromatic N) is 2. The summed E-state index contributed by atoms with van der Waals surface area (Å²) < 4.78 is 16.2. The van der Waals surface area contributed by atoms with Gasteiger partial charge in [-0.3, -0.25) is 9.59 Å². The van der Waals surface area contributed by atoms with Crippen LogP contribution in [0.1, 0.15) is 29.8 Å². The number of amides is 2. The Morgan fingerprint density at radius 2 is 1.97 bits per heavy atom. The van der Waals surface area contributed by atoms with Gasteiger partial charge in [-0.15, -0.1) is 0 Å². The third-order valence-corrected chi connectivity index (χ3v) is 6.41. The third-order valence-electron chi connectivity index (χ3n) is 6.41. The van der Waals surface area contributed by atoms with Crippen LogP contribution in [0.5, 0.6) is 5.75 Å². The number of hydrogen-bond donors (Lipinski definition) is 0. The van der Waals surface area contributed by atoms with Crippen molar-refractivity contribution < 1.29 is 23.5 Å². The fraction of sp³-hybridized carbons (Fsp3) is 0.500. The van der Waals surface area contributed by atoms with Gasteiger partial charge in [-0.1, -0.05) is 12.2 Å². The van der Waals surface area contributed by atoms with Gasteiger partial charge < -0.3 is 23.7 Å². The molecule has 2 aliphatic heterocycles. The summed E-state index contributed by atoms with van der Waals surface area (Å²) in [6.07, 6.45) is 6.61. The molecule has 1 saturated heterocycles. The molecule has 3 heterocycles. The molecule has 2 amide bonds. The summed E-state index contributed by atoms with van der Waals surface area (Å²) in [6, 6.07) is 7.28. The van der Waals surface area contributed by atoms with Crippen molar-refractivity contribution in [1.82, 2.24) is 9.80 Å². The van der Waals surface area contributed by atoms with E-state index in [1.165, 1.54) is 0 Å². The van der Waals surface area contributed by atoms with E-state index < -0.39 is 0 Å². The number of hydrogen-bond acceptors (Lipinski definition) is 5. The highest BCUT2D eigenvalue weighted by atomic mass is 16.5. The van der Waals surface area contributed by atoms with E-state index in [2.05, 4.69) is 12.2 Å². The van der Waals surface area contributed by atoms with Crippen molar-refractivity contribution in [1.29, 1.82) is 0 Å². The molecule has 1 aromatic heterocycles. The highest BCUT2D eigenvalue weighted by Crippen LogP contribution is 2.32. The fourth-order valence-corrected chi connectivity index (χ4v) is 4.58. The monoisotopic (exact) mass is 426 g/mol. The van der Waals surface area contributed by atoms with Gasteiger partial charge in [0.2, 0.25) is 5.91 Å². The molecule has 0 bridgehead atoms. The quantitative estimate of drug-likeness (QED) is 0.663. The van der Waals surface area contributed by atoms with Crippen LogP contribution in [0.2, 0.25) is 0 Å². The minimum Gasteiger partial charge on any atom is -0.497 e. The molecule has 0 radical (unpaired) electrons. The van der Waals surface area contributed by atoms with Crippen molar-refractivity contribution in [2.75, 3.05) is 47.0 Å². The van der Waals surface area contributed by atoms with Gasteiger partial charge >= 0.3 is 0 Å². The number of likely N-dealkylation sites (tertiary alicyclic amines) is 1. The number of benzene rings is 1. The van der Waals surface area contributed by atoms with E-state index in [0.717, 1.165) is 30.4 Å². The van der Waals surface area contributed by atoms with E-state index in [9.17, 15) is 9.59 Å². The Bertz CT molecular complexity index is 958. The SMILES string of the molecule is COCCN1CC=CC[C@@H](C2CCN(C(=O)c3cc4cc(OC)ccc4o3)CC2)C1=O. The lowest BCUT2D eigenvalue weighted by molar-refractivity contribution is -0.137. The summed E-state index contributed by atoms with van der Waals surface area (Å²) in [5.41, 5.74) is 0.672. The van der Waals surface area contributed by atoms with Gasteiger partial charge in [0.05, 0.1) is 13.7 Å². The number of carbonyl (C=O) groups is 2. The molecular weight excluding hydrogens is 396 g/mol. The first kappa shape index (κ1) is 21.4. The van der Waals surface area contributed by atoms with E-state index >= 15 is 0 Å². The van der Waals surface area contributed by atoms with Crippen molar-refractivity contribution in [2.45, 2.75) is 19.3 Å². The first-order chi connectivity index (χ1) is 15.1. The standard InChI is InChI=1S/C24H30N2O5/c1-29-14-13-25-10-4-3-5-20(23(25)27)17-8-11-26(12-9-17)24(28)22-16-18-15-19(30-2)6-7-21(18)31-22/h3-4,6-7,15-17,20H,5,8-14H2,1-2H3/t20-/m0/s1. The second kappa shape index (κ2) is 9.56. The fourth-order valence-electron chi connectivity index (χ4n) is 4.58. The van der Waals surface area contributed by atoms with Crippen molar-refractivity contribution in [3.8, 4) is 5.75 Å². The number of ether oxygens (including phenoxy) is 2. The first-order valence-corrected chi connectivity index (χ1v) is 10.9. The normalized spacial score (nSPS) is 20.3. The van der Waals surface area contributed by atoms with E-state index in [0.29, 0.717) is 44.1 Å². The maximum atomic E-state index is 13.1. The van der Waals surface area contributed by atoms with Gasteiger partial charge in [-0.2, -0.15) is 0 Å².